The van der Waals surface area contributed by atoms with Crippen LogP contribution < -0.4 is 15.0 Å². The standard InChI is InChI=1S/C18H17N5O/c1-24-15-7-4-6-14(11-15)20-18-21-17(12-19-22-18)23-10-9-13-5-2-3-8-16(13)23/h2-8,11-12H,9-10H2,1H3,(H,20,21,22). The first-order valence-electron chi connectivity index (χ1n) is 7.80. The average molecular weight is 319 g/mol. The molecule has 120 valence electrons. The van der Waals surface area contributed by atoms with E-state index in [2.05, 4.69) is 43.6 Å². The maximum absolute atomic E-state index is 5.23. The van der Waals surface area contributed by atoms with Crippen molar-refractivity contribution in [2.75, 3.05) is 23.9 Å². The fourth-order valence-corrected chi connectivity index (χ4v) is 2.88. The van der Waals surface area contributed by atoms with E-state index in [0.29, 0.717) is 5.95 Å². The predicted molar refractivity (Wildman–Crippen MR) is 93.3 cm³/mol. The highest BCUT2D eigenvalue weighted by Crippen LogP contribution is 2.33. The van der Waals surface area contributed by atoms with Crippen LogP contribution in [0.4, 0.5) is 23.1 Å². The summed E-state index contributed by atoms with van der Waals surface area (Å²) in [5.74, 6) is 2.03. The first-order valence-corrected chi connectivity index (χ1v) is 7.80. The van der Waals surface area contributed by atoms with E-state index in [1.807, 2.05) is 30.3 Å². The number of benzene rings is 2. The third-order valence-electron chi connectivity index (χ3n) is 4.04. The number of rotatable bonds is 4. The van der Waals surface area contributed by atoms with Gasteiger partial charge in [-0.15, -0.1) is 5.10 Å². The summed E-state index contributed by atoms with van der Waals surface area (Å²) in [6.07, 6.45) is 2.71. The van der Waals surface area contributed by atoms with Gasteiger partial charge in [-0.05, 0) is 30.2 Å². The second kappa shape index (κ2) is 6.16. The van der Waals surface area contributed by atoms with Crippen LogP contribution in [0.25, 0.3) is 0 Å². The van der Waals surface area contributed by atoms with E-state index >= 15 is 0 Å². The number of nitrogens with one attached hydrogen (secondary N) is 1. The fraction of sp³-hybridized carbons (Fsp3) is 0.167. The van der Waals surface area contributed by atoms with Crippen molar-refractivity contribution in [3.8, 4) is 5.75 Å². The van der Waals surface area contributed by atoms with Crippen LogP contribution in [0.2, 0.25) is 0 Å². The number of anilines is 4. The van der Waals surface area contributed by atoms with Crippen LogP contribution in [-0.4, -0.2) is 28.8 Å². The van der Waals surface area contributed by atoms with Crippen LogP contribution >= 0.6 is 0 Å². The van der Waals surface area contributed by atoms with Crippen LogP contribution in [0.3, 0.4) is 0 Å². The summed E-state index contributed by atoms with van der Waals surface area (Å²) in [6, 6.07) is 16.0. The van der Waals surface area contributed by atoms with Crippen LogP contribution in [0, 0.1) is 0 Å². The van der Waals surface area contributed by atoms with Gasteiger partial charge >= 0.3 is 0 Å². The first-order chi connectivity index (χ1) is 11.8. The Hall–Kier alpha value is -3.15. The van der Waals surface area contributed by atoms with Crippen molar-refractivity contribution in [3.63, 3.8) is 0 Å². The highest BCUT2D eigenvalue weighted by atomic mass is 16.5. The average Bonchev–Trinajstić information content (AvgIpc) is 3.06. The molecule has 0 radical (unpaired) electrons. The largest absolute Gasteiger partial charge is 0.497 e. The molecule has 0 atom stereocenters. The lowest BCUT2D eigenvalue weighted by Gasteiger charge is -2.18. The summed E-state index contributed by atoms with van der Waals surface area (Å²) >= 11 is 0. The van der Waals surface area contributed by atoms with Gasteiger partial charge in [0, 0.05) is 24.0 Å². The molecule has 1 aliphatic heterocycles. The molecule has 6 nitrogen and oxygen atoms in total. The Balaban J connectivity index is 1.60. The van der Waals surface area contributed by atoms with Gasteiger partial charge in [0.25, 0.3) is 0 Å². The number of para-hydroxylation sites is 1. The molecule has 2 aromatic carbocycles. The zero-order valence-corrected chi connectivity index (χ0v) is 13.3. The third kappa shape index (κ3) is 2.74. The van der Waals surface area contributed by atoms with E-state index in [0.717, 1.165) is 30.2 Å². The summed E-state index contributed by atoms with van der Waals surface area (Å²) < 4.78 is 5.23. The van der Waals surface area contributed by atoms with Crippen molar-refractivity contribution >= 4 is 23.1 Å². The molecule has 3 aromatic rings. The number of methoxy groups -OCH3 is 1. The quantitative estimate of drug-likeness (QED) is 0.796. The minimum absolute atomic E-state index is 0.463. The summed E-state index contributed by atoms with van der Waals surface area (Å²) in [6.45, 7) is 0.899. The zero-order valence-electron chi connectivity index (χ0n) is 13.3. The molecule has 2 heterocycles. The minimum atomic E-state index is 0.463. The molecular weight excluding hydrogens is 302 g/mol. The van der Waals surface area contributed by atoms with Crippen molar-refractivity contribution in [1.29, 1.82) is 0 Å². The third-order valence-corrected chi connectivity index (χ3v) is 4.04. The Labute approximate surface area is 140 Å². The van der Waals surface area contributed by atoms with Gasteiger partial charge in [0.05, 0.1) is 13.3 Å². The summed E-state index contributed by atoms with van der Waals surface area (Å²) in [5.41, 5.74) is 3.37. The van der Waals surface area contributed by atoms with Crippen LogP contribution in [0.15, 0.2) is 54.7 Å². The first kappa shape index (κ1) is 14.4. The van der Waals surface area contributed by atoms with E-state index in [9.17, 15) is 0 Å². The van der Waals surface area contributed by atoms with E-state index in [1.165, 1.54) is 11.3 Å². The van der Waals surface area contributed by atoms with Gasteiger partial charge in [-0.3, -0.25) is 0 Å². The smallest absolute Gasteiger partial charge is 0.249 e. The Morgan fingerprint density at radius 3 is 2.96 bits per heavy atom. The highest BCUT2D eigenvalue weighted by Gasteiger charge is 2.21. The lowest BCUT2D eigenvalue weighted by molar-refractivity contribution is 0.415. The summed E-state index contributed by atoms with van der Waals surface area (Å²) in [7, 11) is 1.64. The lowest BCUT2D eigenvalue weighted by atomic mass is 10.2. The Morgan fingerprint density at radius 1 is 1.12 bits per heavy atom. The molecule has 4 rings (SSSR count). The summed E-state index contributed by atoms with van der Waals surface area (Å²) in [5, 5.41) is 11.3. The number of hydrogen-bond donors (Lipinski definition) is 1. The van der Waals surface area contributed by atoms with Crippen molar-refractivity contribution in [3.05, 3.63) is 60.3 Å². The van der Waals surface area contributed by atoms with Gasteiger partial charge in [0.1, 0.15) is 5.75 Å². The van der Waals surface area contributed by atoms with Crippen molar-refractivity contribution in [2.24, 2.45) is 0 Å². The van der Waals surface area contributed by atoms with E-state index in [-0.39, 0.29) is 0 Å². The molecule has 6 heteroatoms. The molecule has 0 amide bonds. The number of nitrogens with zero attached hydrogens (tertiary/aromatic N) is 4. The van der Waals surface area contributed by atoms with E-state index in [4.69, 9.17) is 4.74 Å². The maximum Gasteiger partial charge on any atom is 0.249 e. The number of fused-ring (bicyclic) bond motifs is 1. The molecule has 0 saturated carbocycles. The molecule has 1 aliphatic rings. The maximum atomic E-state index is 5.23. The minimum Gasteiger partial charge on any atom is -0.497 e. The lowest BCUT2D eigenvalue weighted by Crippen LogP contribution is -2.16. The Bertz CT molecular complexity index is 867. The van der Waals surface area contributed by atoms with Gasteiger partial charge in [-0.1, -0.05) is 24.3 Å². The fourth-order valence-electron chi connectivity index (χ4n) is 2.88. The highest BCUT2D eigenvalue weighted by molar-refractivity contribution is 5.68. The normalized spacial score (nSPS) is 12.8. The van der Waals surface area contributed by atoms with Crippen molar-refractivity contribution in [1.82, 2.24) is 15.2 Å². The number of aromatic nitrogens is 3. The molecule has 1 aromatic heterocycles. The number of hydrogen-bond acceptors (Lipinski definition) is 6. The topological polar surface area (TPSA) is 63.2 Å². The van der Waals surface area contributed by atoms with Gasteiger partial charge in [-0.25, -0.2) is 0 Å². The molecule has 0 unspecified atom stereocenters. The molecule has 0 spiro atoms. The Kier molecular flexibility index (Phi) is 3.70. The molecule has 1 N–H and O–H groups in total. The van der Waals surface area contributed by atoms with Gasteiger partial charge < -0.3 is 15.0 Å². The second-order valence-corrected chi connectivity index (χ2v) is 5.53. The summed E-state index contributed by atoms with van der Waals surface area (Å²) in [4.78, 5) is 6.77. The predicted octanol–water partition coefficient (Wildman–Crippen LogP) is 3.32. The van der Waals surface area contributed by atoms with Crippen LogP contribution in [0.5, 0.6) is 5.75 Å². The molecular formula is C18H17N5O. The van der Waals surface area contributed by atoms with Crippen molar-refractivity contribution < 1.29 is 4.74 Å². The van der Waals surface area contributed by atoms with E-state index in [1.54, 1.807) is 13.3 Å². The molecule has 0 saturated heterocycles. The van der Waals surface area contributed by atoms with Crippen molar-refractivity contribution in [2.45, 2.75) is 6.42 Å². The van der Waals surface area contributed by atoms with Gasteiger partial charge in [0.15, 0.2) is 5.82 Å². The molecule has 24 heavy (non-hydrogen) atoms. The molecule has 0 bridgehead atoms. The number of ether oxygens (including phenoxy) is 1. The Morgan fingerprint density at radius 2 is 2.04 bits per heavy atom. The second-order valence-electron chi connectivity index (χ2n) is 5.53. The van der Waals surface area contributed by atoms with Gasteiger partial charge in [-0.2, -0.15) is 10.1 Å². The van der Waals surface area contributed by atoms with Crippen LogP contribution in [-0.2, 0) is 6.42 Å². The molecule has 0 aliphatic carbocycles. The SMILES string of the molecule is COc1cccc(Nc2nncc(N3CCc4ccccc43)n2)c1. The van der Waals surface area contributed by atoms with Crippen LogP contribution in [0.1, 0.15) is 5.56 Å². The monoisotopic (exact) mass is 319 g/mol. The van der Waals surface area contributed by atoms with Gasteiger partial charge in [0.2, 0.25) is 5.95 Å². The van der Waals surface area contributed by atoms with E-state index < -0.39 is 0 Å². The molecule has 0 fully saturated rings. The zero-order chi connectivity index (χ0) is 16.4.